The highest BCUT2D eigenvalue weighted by Crippen LogP contribution is 2.43. The molecule has 4 heterocycles. The molecule has 0 bridgehead atoms. The van der Waals surface area contributed by atoms with Crippen LogP contribution in [-0.2, 0) is 0 Å². The van der Waals surface area contributed by atoms with Crippen LogP contribution in [0.2, 0.25) is 0 Å². The van der Waals surface area contributed by atoms with Gasteiger partial charge in [-0.2, -0.15) is 0 Å². The third-order valence-corrected chi connectivity index (χ3v) is 11.1. The average molecular weight is 813 g/mol. The molecule has 7 aromatic carbocycles. The highest BCUT2D eigenvalue weighted by atomic mass is 16.3. The molecule has 0 aliphatic heterocycles. The zero-order valence-electron chi connectivity index (χ0n) is 34.1. The number of furan rings is 2. The monoisotopic (exact) mass is 812 g/mol. The molecule has 0 fully saturated rings. The number of rotatable bonds is 9. The van der Waals surface area contributed by atoms with Crippen LogP contribution < -0.4 is 0 Å². The summed E-state index contributed by atoms with van der Waals surface area (Å²) < 4.78 is 13.0. The minimum Gasteiger partial charge on any atom is -0.456 e. The number of aromatic nitrogens is 6. The predicted molar refractivity (Wildman–Crippen MR) is 253 cm³/mol. The second-order valence-corrected chi connectivity index (χ2v) is 15.1. The Morgan fingerprint density at radius 2 is 0.968 bits per heavy atom. The summed E-state index contributed by atoms with van der Waals surface area (Å²) in [6.07, 6.45) is 7.53. The first-order chi connectivity index (χ1) is 31.1. The molecule has 8 nitrogen and oxygen atoms in total. The van der Waals surface area contributed by atoms with Gasteiger partial charge in [-0.3, -0.25) is 0 Å². The van der Waals surface area contributed by atoms with Crippen LogP contribution >= 0.6 is 0 Å². The normalized spacial score (nSPS) is 12.0. The van der Waals surface area contributed by atoms with Crippen LogP contribution in [0.3, 0.4) is 0 Å². The summed E-state index contributed by atoms with van der Waals surface area (Å²) in [6, 6.07) is 54.6. The molecule has 0 aliphatic carbocycles. The summed E-state index contributed by atoms with van der Waals surface area (Å²) in [6.45, 7) is 5.83. The summed E-state index contributed by atoms with van der Waals surface area (Å²) in [5, 5.41) is 3.96. The predicted octanol–water partition coefficient (Wildman–Crippen LogP) is 14.0. The Morgan fingerprint density at radius 1 is 0.429 bits per heavy atom. The Bertz CT molecular complexity index is 3530. The Balaban J connectivity index is 1.12. The fourth-order valence-corrected chi connectivity index (χ4v) is 8.10. The molecule has 0 amide bonds. The molecule has 0 N–H and O–H groups in total. The highest BCUT2D eigenvalue weighted by Gasteiger charge is 2.23. The van der Waals surface area contributed by atoms with Crippen LogP contribution in [0.5, 0.6) is 0 Å². The molecular formula is C55H36N6O2. The van der Waals surface area contributed by atoms with Crippen molar-refractivity contribution in [2.75, 3.05) is 0 Å². The van der Waals surface area contributed by atoms with E-state index in [0.717, 1.165) is 82.8 Å². The van der Waals surface area contributed by atoms with E-state index < -0.39 is 0 Å². The van der Waals surface area contributed by atoms with E-state index >= 15 is 0 Å². The molecule has 0 saturated carbocycles. The third kappa shape index (κ3) is 6.85. The lowest BCUT2D eigenvalue weighted by Crippen LogP contribution is -2.03. The average Bonchev–Trinajstić information content (AvgIpc) is 3.93. The van der Waals surface area contributed by atoms with Crippen LogP contribution in [0.1, 0.15) is 12.7 Å². The van der Waals surface area contributed by atoms with Crippen molar-refractivity contribution in [1.82, 2.24) is 29.9 Å². The Hall–Kier alpha value is -8.62. The Labute approximate surface area is 362 Å². The van der Waals surface area contributed by atoms with E-state index in [2.05, 4.69) is 49.0 Å². The standard InChI is InChI=1S/C55H36N6O2/c1-3-4-7-17-34(2)50-56-54(61-55(57-50)43-25-16-24-40-39-22-12-14-26-44(39)63-49(40)43)42-32-33-46-48(41-23-13-15-27-45(41)62-46)47(42)35-28-30-38(31-29-35)53-59-51(36-18-8-5-9-19-36)58-52(60-53)37-20-10-6-11-21-37/h3-33H,1H2,2H3/b7-4-,34-17+. The van der Waals surface area contributed by atoms with E-state index in [0.29, 0.717) is 40.5 Å². The number of nitrogens with zero attached hydrogens (tertiary/aromatic N) is 6. The molecule has 0 spiro atoms. The maximum Gasteiger partial charge on any atom is 0.167 e. The van der Waals surface area contributed by atoms with E-state index in [4.69, 9.17) is 38.7 Å². The molecule has 4 aromatic heterocycles. The van der Waals surface area contributed by atoms with Gasteiger partial charge < -0.3 is 8.83 Å². The van der Waals surface area contributed by atoms with Crippen molar-refractivity contribution in [1.29, 1.82) is 0 Å². The van der Waals surface area contributed by atoms with Crippen LogP contribution in [0, 0.1) is 0 Å². The number of allylic oxidation sites excluding steroid dienone is 5. The topological polar surface area (TPSA) is 104 Å². The third-order valence-electron chi connectivity index (χ3n) is 11.1. The molecule has 0 atom stereocenters. The minimum atomic E-state index is 0.497. The summed E-state index contributed by atoms with van der Waals surface area (Å²) in [7, 11) is 0. The minimum absolute atomic E-state index is 0.497. The lowest BCUT2D eigenvalue weighted by atomic mass is 9.93. The first-order valence-corrected chi connectivity index (χ1v) is 20.6. The molecule has 0 aliphatic rings. The van der Waals surface area contributed by atoms with Gasteiger partial charge in [0.25, 0.3) is 0 Å². The van der Waals surface area contributed by atoms with Crippen molar-refractivity contribution in [3.05, 3.63) is 200 Å². The molecule has 0 saturated heterocycles. The molecule has 0 unspecified atom stereocenters. The summed E-state index contributed by atoms with van der Waals surface area (Å²) in [5.41, 5.74) is 10.0. The number of hydrogen-bond donors (Lipinski definition) is 0. The van der Waals surface area contributed by atoms with Crippen LogP contribution in [-0.4, -0.2) is 29.9 Å². The van der Waals surface area contributed by atoms with Crippen LogP contribution in [0.4, 0.5) is 0 Å². The van der Waals surface area contributed by atoms with Gasteiger partial charge >= 0.3 is 0 Å². The summed E-state index contributed by atoms with van der Waals surface area (Å²) in [5.74, 6) is 3.31. The van der Waals surface area contributed by atoms with Crippen molar-refractivity contribution in [2.24, 2.45) is 0 Å². The number of fused-ring (bicyclic) bond motifs is 6. The summed E-state index contributed by atoms with van der Waals surface area (Å²) in [4.78, 5) is 30.4. The lowest BCUT2D eigenvalue weighted by molar-refractivity contribution is 0.669. The quantitative estimate of drug-likeness (QED) is 0.133. The van der Waals surface area contributed by atoms with Gasteiger partial charge in [0.2, 0.25) is 0 Å². The van der Waals surface area contributed by atoms with Crippen molar-refractivity contribution in [2.45, 2.75) is 6.92 Å². The summed E-state index contributed by atoms with van der Waals surface area (Å²) >= 11 is 0. The Kier molecular flexibility index (Phi) is 9.36. The fourth-order valence-electron chi connectivity index (χ4n) is 8.10. The maximum absolute atomic E-state index is 6.50. The second kappa shape index (κ2) is 15.8. The SMILES string of the molecule is C=C/C=C\C=C(/C)c1nc(-c2ccc3oc4ccccc4c3c2-c2ccc(-c3nc(-c4ccccc4)nc(-c4ccccc4)n3)cc2)nc(-c2cccc3c2oc2ccccc23)n1. The van der Waals surface area contributed by atoms with Gasteiger partial charge in [0.1, 0.15) is 22.3 Å². The molecule has 298 valence electrons. The van der Waals surface area contributed by atoms with Crippen LogP contribution in [0.15, 0.2) is 204 Å². The van der Waals surface area contributed by atoms with Gasteiger partial charge in [-0.05, 0) is 48.4 Å². The van der Waals surface area contributed by atoms with Crippen molar-refractivity contribution < 1.29 is 8.83 Å². The molecule has 11 rings (SSSR count). The van der Waals surface area contributed by atoms with Gasteiger partial charge in [0, 0.05) is 49.4 Å². The largest absolute Gasteiger partial charge is 0.456 e. The van der Waals surface area contributed by atoms with Crippen molar-refractivity contribution in [3.63, 3.8) is 0 Å². The smallest absolute Gasteiger partial charge is 0.167 e. The van der Waals surface area contributed by atoms with Crippen LogP contribution in [0.25, 0.3) is 118 Å². The van der Waals surface area contributed by atoms with E-state index in [1.165, 1.54) is 0 Å². The highest BCUT2D eigenvalue weighted by molar-refractivity contribution is 6.16. The first kappa shape index (κ1) is 37.4. The number of hydrogen-bond acceptors (Lipinski definition) is 8. The van der Waals surface area contributed by atoms with Gasteiger partial charge in [-0.1, -0.05) is 164 Å². The first-order valence-electron chi connectivity index (χ1n) is 20.6. The van der Waals surface area contributed by atoms with Gasteiger partial charge in [-0.25, -0.2) is 29.9 Å². The molecule has 63 heavy (non-hydrogen) atoms. The van der Waals surface area contributed by atoms with Crippen molar-refractivity contribution in [3.8, 4) is 68.1 Å². The fraction of sp³-hybridized carbons (Fsp3) is 0.0182. The second-order valence-electron chi connectivity index (χ2n) is 15.1. The van der Waals surface area contributed by atoms with E-state index in [-0.39, 0.29) is 0 Å². The molecule has 8 heteroatoms. The zero-order chi connectivity index (χ0) is 42.3. The van der Waals surface area contributed by atoms with Crippen molar-refractivity contribution >= 4 is 49.5 Å². The van der Waals surface area contributed by atoms with E-state index in [1.807, 2.05) is 146 Å². The zero-order valence-corrected chi connectivity index (χ0v) is 34.1. The number of para-hydroxylation sites is 3. The molecule has 0 radical (unpaired) electrons. The molecular weight excluding hydrogens is 777 g/mol. The van der Waals surface area contributed by atoms with E-state index in [9.17, 15) is 0 Å². The maximum atomic E-state index is 6.50. The Morgan fingerprint density at radius 3 is 1.63 bits per heavy atom. The number of benzene rings is 7. The van der Waals surface area contributed by atoms with Gasteiger partial charge in [0.15, 0.2) is 34.9 Å². The van der Waals surface area contributed by atoms with Gasteiger partial charge in [-0.15, -0.1) is 0 Å². The lowest BCUT2D eigenvalue weighted by Gasteiger charge is -2.14. The van der Waals surface area contributed by atoms with E-state index in [1.54, 1.807) is 6.08 Å². The molecule has 11 aromatic rings. The van der Waals surface area contributed by atoms with Gasteiger partial charge in [0.05, 0.1) is 5.56 Å².